The van der Waals surface area contributed by atoms with E-state index in [1.54, 1.807) is 6.07 Å². The summed E-state index contributed by atoms with van der Waals surface area (Å²) in [4.78, 5) is 10.4. The molecular weight excluding hydrogens is 292 g/mol. The molecule has 0 aliphatic heterocycles. The van der Waals surface area contributed by atoms with Crippen LogP contribution in [0.1, 0.15) is 32.6 Å². The van der Waals surface area contributed by atoms with Crippen LogP contribution in [0.5, 0.6) is 0 Å². The highest BCUT2D eigenvalue weighted by molar-refractivity contribution is 7.90. The van der Waals surface area contributed by atoms with Crippen LogP contribution in [0.4, 0.5) is 11.4 Å². The van der Waals surface area contributed by atoms with Gasteiger partial charge in [0.25, 0.3) is 0 Å². The topological polar surface area (TPSA) is 89.3 Å². The lowest BCUT2D eigenvalue weighted by molar-refractivity contribution is -0.386. The van der Waals surface area contributed by atoms with Crippen LogP contribution in [-0.4, -0.2) is 25.6 Å². The van der Waals surface area contributed by atoms with E-state index in [-0.39, 0.29) is 22.3 Å². The first-order valence-corrected chi connectivity index (χ1v) is 8.96. The SMILES string of the molecule is CCC(CC1CC1)Nc1cccc(S(C)(=O)=O)c1[N+](=O)[O-]. The maximum atomic E-state index is 11.7. The molecule has 0 bridgehead atoms. The van der Waals surface area contributed by atoms with E-state index in [0.29, 0.717) is 5.92 Å². The van der Waals surface area contributed by atoms with Crippen molar-refractivity contribution in [2.45, 2.75) is 43.5 Å². The minimum absolute atomic E-state index is 0.131. The van der Waals surface area contributed by atoms with Crippen LogP contribution in [0.15, 0.2) is 23.1 Å². The van der Waals surface area contributed by atoms with Crippen molar-refractivity contribution in [1.29, 1.82) is 0 Å². The van der Waals surface area contributed by atoms with Crippen molar-refractivity contribution in [3.05, 3.63) is 28.3 Å². The first-order chi connectivity index (χ1) is 9.82. The molecule has 1 aromatic rings. The third-order valence-electron chi connectivity index (χ3n) is 3.75. The fourth-order valence-corrected chi connectivity index (χ4v) is 3.29. The smallest absolute Gasteiger partial charge is 0.310 e. The third-order valence-corrected chi connectivity index (χ3v) is 4.88. The molecule has 21 heavy (non-hydrogen) atoms. The Morgan fingerprint density at radius 1 is 1.43 bits per heavy atom. The Bertz CT molecular complexity index is 638. The molecule has 7 heteroatoms. The van der Waals surface area contributed by atoms with E-state index in [4.69, 9.17) is 0 Å². The maximum Gasteiger partial charge on any atom is 0.310 e. The summed E-state index contributed by atoms with van der Waals surface area (Å²) in [5.41, 5.74) is -0.0651. The van der Waals surface area contributed by atoms with E-state index in [2.05, 4.69) is 5.32 Å². The fraction of sp³-hybridized carbons (Fsp3) is 0.571. The van der Waals surface area contributed by atoms with Gasteiger partial charge < -0.3 is 5.32 Å². The number of anilines is 1. The molecule has 0 spiro atoms. The second-order valence-corrected chi connectivity index (χ2v) is 7.59. The number of nitrogens with zero attached hydrogens (tertiary/aromatic N) is 1. The highest BCUT2D eigenvalue weighted by Crippen LogP contribution is 2.37. The van der Waals surface area contributed by atoms with Gasteiger partial charge in [-0.2, -0.15) is 0 Å². The number of rotatable bonds is 7. The molecule has 1 aliphatic rings. The Morgan fingerprint density at radius 2 is 2.10 bits per heavy atom. The van der Waals surface area contributed by atoms with Gasteiger partial charge in [-0.3, -0.25) is 10.1 Å². The molecule has 1 N–H and O–H groups in total. The summed E-state index contributed by atoms with van der Waals surface area (Å²) in [7, 11) is -3.64. The van der Waals surface area contributed by atoms with Crippen LogP contribution in [-0.2, 0) is 9.84 Å². The summed E-state index contributed by atoms with van der Waals surface area (Å²) in [6.45, 7) is 2.02. The van der Waals surface area contributed by atoms with Gasteiger partial charge in [-0.25, -0.2) is 8.42 Å². The third kappa shape index (κ3) is 3.93. The highest BCUT2D eigenvalue weighted by atomic mass is 32.2. The van der Waals surface area contributed by atoms with Crippen molar-refractivity contribution in [2.24, 2.45) is 5.92 Å². The Labute approximate surface area is 124 Å². The van der Waals surface area contributed by atoms with E-state index in [1.807, 2.05) is 6.92 Å². The number of nitrogens with one attached hydrogen (secondary N) is 1. The normalized spacial score (nSPS) is 16.5. The molecule has 0 radical (unpaired) electrons. The van der Waals surface area contributed by atoms with E-state index < -0.39 is 14.8 Å². The number of sulfone groups is 1. The number of para-hydroxylation sites is 1. The number of nitro benzene ring substituents is 1. The number of nitro groups is 1. The van der Waals surface area contributed by atoms with Crippen molar-refractivity contribution in [2.75, 3.05) is 11.6 Å². The average molecular weight is 312 g/mol. The Kier molecular flexibility index (Phi) is 4.51. The molecule has 1 aromatic carbocycles. The molecule has 0 aromatic heterocycles. The Balaban J connectivity index is 2.35. The Morgan fingerprint density at radius 3 is 2.57 bits per heavy atom. The molecule has 6 nitrogen and oxygen atoms in total. The average Bonchev–Trinajstić information content (AvgIpc) is 3.20. The molecular formula is C14H20N2O4S. The molecule has 0 heterocycles. The second-order valence-electron chi connectivity index (χ2n) is 5.61. The molecule has 1 atom stereocenters. The van der Waals surface area contributed by atoms with E-state index in [1.165, 1.54) is 25.0 Å². The van der Waals surface area contributed by atoms with Crippen LogP contribution < -0.4 is 5.32 Å². The number of hydrogen-bond acceptors (Lipinski definition) is 5. The lowest BCUT2D eigenvalue weighted by Gasteiger charge is -2.18. The van der Waals surface area contributed by atoms with Crippen molar-refractivity contribution < 1.29 is 13.3 Å². The first-order valence-electron chi connectivity index (χ1n) is 7.07. The molecule has 1 aliphatic carbocycles. The van der Waals surface area contributed by atoms with Gasteiger partial charge in [0.2, 0.25) is 0 Å². The minimum Gasteiger partial charge on any atom is -0.377 e. The van der Waals surface area contributed by atoms with Gasteiger partial charge in [0, 0.05) is 12.3 Å². The summed E-state index contributed by atoms with van der Waals surface area (Å²) in [6.07, 6.45) is 5.22. The van der Waals surface area contributed by atoms with Crippen molar-refractivity contribution in [3.8, 4) is 0 Å². The van der Waals surface area contributed by atoms with Crippen LogP contribution >= 0.6 is 0 Å². The highest BCUT2D eigenvalue weighted by Gasteiger charge is 2.29. The molecule has 116 valence electrons. The van der Waals surface area contributed by atoms with Crippen LogP contribution in [0, 0.1) is 16.0 Å². The summed E-state index contributed by atoms with van der Waals surface area (Å²) in [5, 5.41) is 14.5. The van der Waals surface area contributed by atoms with Crippen LogP contribution in [0.25, 0.3) is 0 Å². The van der Waals surface area contributed by atoms with Crippen molar-refractivity contribution in [1.82, 2.24) is 0 Å². The lowest BCUT2D eigenvalue weighted by atomic mass is 10.1. The van der Waals surface area contributed by atoms with Gasteiger partial charge in [0.15, 0.2) is 9.84 Å². The first kappa shape index (κ1) is 15.8. The summed E-state index contributed by atoms with van der Waals surface area (Å²) >= 11 is 0. The van der Waals surface area contributed by atoms with Gasteiger partial charge in [-0.05, 0) is 30.9 Å². The van der Waals surface area contributed by atoms with Crippen LogP contribution in [0.3, 0.4) is 0 Å². The predicted molar refractivity (Wildman–Crippen MR) is 81.2 cm³/mol. The maximum absolute atomic E-state index is 11.7. The second kappa shape index (κ2) is 6.01. The van der Waals surface area contributed by atoms with E-state index in [9.17, 15) is 18.5 Å². The molecule has 1 unspecified atom stereocenters. The summed E-state index contributed by atoms with van der Waals surface area (Å²) < 4.78 is 23.4. The minimum atomic E-state index is -3.64. The van der Waals surface area contributed by atoms with Gasteiger partial charge in [0.05, 0.1) is 4.92 Å². The van der Waals surface area contributed by atoms with Gasteiger partial charge in [-0.15, -0.1) is 0 Å². The monoisotopic (exact) mass is 312 g/mol. The molecule has 1 saturated carbocycles. The van der Waals surface area contributed by atoms with Gasteiger partial charge in [-0.1, -0.05) is 25.8 Å². The molecule has 0 saturated heterocycles. The van der Waals surface area contributed by atoms with Gasteiger partial charge >= 0.3 is 5.69 Å². The standard InChI is InChI=1S/C14H20N2O4S/c1-3-11(9-10-7-8-10)15-12-5-4-6-13(21(2,19)20)14(12)16(17)18/h4-6,10-11,15H,3,7-9H2,1-2H3. The summed E-state index contributed by atoms with van der Waals surface area (Å²) in [6, 6.07) is 4.52. The number of benzene rings is 1. The Hall–Kier alpha value is -1.63. The number of hydrogen-bond donors (Lipinski definition) is 1. The predicted octanol–water partition coefficient (Wildman–Crippen LogP) is 2.99. The quantitative estimate of drug-likeness (QED) is 0.617. The van der Waals surface area contributed by atoms with E-state index >= 15 is 0 Å². The molecule has 1 fully saturated rings. The molecule has 0 amide bonds. The lowest BCUT2D eigenvalue weighted by Crippen LogP contribution is -2.20. The zero-order valence-electron chi connectivity index (χ0n) is 12.2. The van der Waals surface area contributed by atoms with Gasteiger partial charge in [0.1, 0.15) is 10.6 Å². The zero-order valence-corrected chi connectivity index (χ0v) is 13.0. The fourth-order valence-electron chi connectivity index (χ4n) is 2.43. The van der Waals surface area contributed by atoms with E-state index in [0.717, 1.165) is 19.1 Å². The molecule has 2 rings (SSSR count). The van der Waals surface area contributed by atoms with Crippen molar-refractivity contribution >= 4 is 21.2 Å². The van der Waals surface area contributed by atoms with Crippen molar-refractivity contribution in [3.63, 3.8) is 0 Å². The van der Waals surface area contributed by atoms with Crippen LogP contribution in [0.2, 0.25) is 0 Å². The largest absolute Gasteiger partial charge is 0.377 e. The summed E-state index contributed by atoms with van der Waals surface area (Å²) in [5.74, 6) is 0.694. The zero-order chi connectivity index (χ0) is 15.6.